The molecule has 28 atom stereocenters. The van der Waals surface area contributed by atoms with Gasteiger partial charge in [-0.1, -0.05) is 53.2 Å². The van der Waals surface area contributed by atoms with E-state index in [1.54, 1.807) is 0 Å². The molecule has 0 amide bonds. The highest BCUT2D eigenvalue weighted by Crippen LogP contribution is 2.76. The van der Waals surface area contributed by atoms with Gasteiger partial charge in [-0.2, -0.15) is 0 Å². The largest absolute Gasteiger partial charge is 0.432 e. The lowest BCUT2D eigenvalue weighted by atomic mass is 9.33. The van der Waals surface area contributed by atoms with Crippen molar-refractivity contribution in [2.45, 2.75) is 216 Å². The molecule has 8 fully saturated rings. The predicted octanol–water partition coefficient (Wildman–Crippen LogP) is -0.890. The number of aliphatic hydroxyl groups excluding tert-OH is 12. The van der Waals surface area contributed by atoms with Crippen LogP contribution in [0.1, 0.15) is 106 Å². The molecule has 68 heavy (non-hydrogen) atoms. The monoisotopic (exact) mass is 971 g/mol. The summed E-state index contributed by atoms with van der Waals surface area (Å²) >= 11 is 0. The van der Waals surface area contributed by atoms with Crippen LogP contribution in [0.15, 0.2) is 11.6 Å². The van der Waals surface area contributed by atoms with Crippen LogP contribution in [0.2, 0.25) is 0 Å². The van der Waals surface area contributed by atoms with Crippen LogP contribution in [-0.4, -0.2) is 190 Å². The fraction of sp³-hybridized carbons (Fsp3) is 0.939. The molecule has 0 aromatic carbocycles. The van der Waals surface area contributed by atoms with Crippen molar-refractivity contribution in [2.75, 3.05) is 13.2 Å². The smallest absolute Gasteiger partial charge is 0.315 e. The van der Waals surface area contributed by atoms with Gasteiger partial charge in [0.2, 0.25) is 6.29 Å². The highest BCUT2D eigenvalue weighted by molar-refractivity contribution is 5.79. The SMILES string of the molecule is C[C@@H]1CC[C@]2(C(=O)O[C@@H]3OC4(CC4O[C@@H]4O[C@H](CO)[C@@H](OC5O[C@H](C)[C@H](O)[C@@H](O)[C@H]5O)[C@H](O)[C@H]4O)[C@@H](O)[C@H](O)[C@H]3O)CC[C@]3(C)C(=CCC4[C@@]5(C)C[C@@H](O)[C@H](O)[C@@](C)(CO)C5CC[C@]43C)C2[C@H]1C. The van der Waals surface area contributed by atoms with Crippen molar-refractivity contribution in [3.05, 3.63) is 11.6 Å². The number of aliphatic hydroxyl groups is 12. The van der Waals surface area contributed by atoms with Crippen LogP contribution in [-0.2, 0) is 33.2 Å². The second-order valence-electron chi connectivity index (χ2n) is 23.8. The molecule has 19 nitrogen and oxygen atoms in total. The van der Waals surface area contributed by atoms with Gasteiger partial charge in [-0.25, -0.2) is 0 Å². The van der Waals surface area contributed by atoms with Crippen LogP contribution in [0.4, 0.5) is 0 Å². The van der Waals surface area contributed by atoms with Crippen LogP contribution in [0.5, 0.6) is 0 Å². The molecule has 388 valence electrons. The van der Waals surface area contributed by atoms with Crippen molar-refractivity contribution < 1.29 is 94.5 Å². The fourth-order valence-electron chi connectivity index (χ4n) is 15.9. The Kier molecular flexibility index (Phi) is 13.3. The first-order chi connectivity index (χ1) is 31.8. The summed E-state index contributed by atoms with van der Waals surface area (Å²) in [4.78, 5) is 15.1. The molecule has 3 saturated heterocycles. The van der Waals surface area contributed by atoms with Gasteiger partial charge in [-0.3, -0.25) is 4.79 Å². The minimum absolute atomic E-state index is 0.0107. The Labute approximate surface area is 397 Å². The number of hydrogen-bond donors (Lipinski definition) is 12. The molecule has 1 spiro atoms. The van der Waals surface area contributed by atoms with Crippen LogP contribution in [0, 0.1) is 56.7 Å². The van der Waals surface area contributed by atoms with Crippen molar-refractivity contribution in [3.63, 3.8) is 0 Å². The van der Waals surface area contributed by atoms with Gasteiger partial charge >= 0.3 is 5.97 Å². The lowest BCUT2D eigenvalue weighted by Crippen LogP contribution is -2.68. The summed E-state index contributed by atoms with van der Waals surface area (Å²) in [5.41, 5.74) is -3.38. The Hall–Kier alpha value is -1.47. The van der Waals surface area contributed by atoms with Crippen molar-refractivity contribution >= 4 is 5.97 Å². The first-order valence-electron chi connectivity index (χ1n) is 25.1. The van der Waals surface area contributed by atoms with Crippen LogP contribution in [0.3, 0.4) is 0 Å². The normalized spacial score (nSPS) is 58.8. The number of fused-ring (bicyclic) bond motifs is 7. The molecular formula is C49H78O19. The van der Waals surface area contributed by atoms with E-state index in [0.717, 1.165) is 19.3 Å². The maximum atomic E-state index is 15.1. The Bertz CT molecular complexity index is 1920. The lowest BCUT2D eigenvalue weighted by Gasteiger charge is -2.71. The van der Waals surface area contributed by atoms with Gasteiger partial charge < -0.3 is 89.7 Å². The summed E-state index contributed by atoms with van der Waals surface area (Å²) < 4.78 is 35.5. The van der Waals surface area contributed by atoms with Crippen LogP contribution < -0.4 is 0 Å². The zero-order valence-corrected chi connectivity index (χ0v) is 40.3. The van der Waals surface area contributed by atoms with E-state index >= 15 is 4.79 Å². The highest BCUT2D eigenvalue weighted by atomic mass is 16.8. The molecule has 3 aliphatic heterocycles. The van der Waals surface area contributed by atoms with E-state index in [-0.39, 0.29) is 58.9 Å². The number of rotatable bonds is 8. The van der Waals surface area contributed by atoms with Gasteiger partial charge in [-0.15, -0.1) is 0 Å². The van der Waals surface area contributed by atoms with E-state index in [2.05, 4.69) is 40.7 Å². The van der Waals surface area contributed by atoms with E-state index in [0.29, 0.717) is 32.1 Å². The first-order valence-corrected chi connectivity index (χ1v) is 25.1. The second kappa shape index (κ2) is 17.6. The number of carbonyl (C=O) groups is 1. The quantitative estimate of drug-likeness (QED) is 0.104. The summed E-state index contributed by atoms with van der Waals surface area (Å²) in [7, 11) is 0. The maximum Gasteiger partial charge on any atom is 0.315 e. The lowest BCUT2D eigenvalue weighted by molar-refractivity contribution is -0.362. The summed E-state index contributed by atoms with van der Waals surface area (Å²) in [6, 6.07) is 0. The topological polar surface area (TPSA) is 315 Å². The van der Waals surface area contributed by atoms with Crippen molar-refractivity contribution in [3.8, 4) is 0 Å². The van der Waals surface area contributed by atoms with Crippen molar-refractivity contribution in [2.24, 2.45) is 56.7 Å². The Morgan fingerprint density at radius 3 is 2.04 bits per heavy atom. The summed E-state index contributed by atoms with van der Waals surface area (Å²) in [6.07, 6.45) is -18.6. The van der Waals surface area contributed by atoms with Gasteiger partial charge in [-0.05, 0) is 104 Å². The molecule has 5 saturated carbocycles. The maximum absolute atomic E-state index is 15.1. The molecule has 9 aliphatic rings. The Morgan fingerprint density at radius 2 is 1.37 bits per heavy atom. The number of hydrogen-bond acceptors (Lipinski definition) is 19. The molecule has 9 rings (SSSR count). The number of allylic oxidation sites excluding steroid dienone is 2. The van der Waals surface area contributed by atoms with Gasteiger partial charge in [0.15, 0.2) is 12.6 Å². The Morgan fingerprint density at radius 1 is 0.706 bits per heavy atom. The fourth-order valence-corrected chi connectivity index (χ4v) is 15.9. The third-order valence-electron chi connectivity index (χ3n) is 20.6. The molecule has 3 heterocycles. The van der Waals surface area contributed by atoms with E-state index < -0.39 is 133 Å². The minimum atomic E-state index is -1.85. The first kappa shape index (κ1) is 51.4. The molecule has 0 bridgehead atoms. The average molecular weight is 971 g/mol. The van der Waals surface area contributed by atoms with E-state index in [9.17, 15) is 61.3 Å². The van der Waals surface area contributed by atoms with Gasteiger partial charge in [0.25, 0.3) is 0 Å². The standard InChI is InChI=1S/C49H78O19/c1-20-10-13-48(15-14-46(6)23(29(48)21(20)2)8-9-27-44(4)16-24(52)38(60)45(5,19-51)26(44)11-12-47(27,46)7)43(62)67-42-36(59)33(56)39(61)49(68-42)17-28(49)65-41-35(58)32(55)37(25(18-50)64-41)66-40-34(57)31(54)30(53)22(3)63-40/h8,20-22,24-42,50-61H,9-19H2,1-7H3/t20-,21+,22-,24-,25-,26?,27?,28?,29?,30+,31-,32-,33-,34-,35-,36-,37-,38+,39+,40?,41+,42-,44+,45+,46-,47-,48+,49?/m1/s1. The minimum Gasteiger partial charge on any atom is -0.432 e. The average Bonchev–Trinajstić information content (AvgIpc) is 4.00. The third-order valence-corrected chi connectivity index (χ3v) is 20.6. The zero-order chi connectivity index (χ0) is 49.6. The molecule has 0 aromatic heterocycles. The predicted molar refractivity (Wildman–Crippen MR) is 234 cm³/mol. The summed E-state index contributed by atoms with van der Waals surface area (Å²) in [6.45, 7) is 13.6. The van der Waals surface area contributed by atoms with E-state index in [1.165, 1.54) is 12.5 Å². The molecule has 6 aliphatic carbocycles. The highest BCUT2D eigenvalue weighted by Gasteiger charge is 2.73. The molecule has 0 aromatic rings. The van der Waals surface area contributed by atoms with E-state index in [1.807, 2.05) is 6.92 Å². The molecule has 12 N–H and O–H groups in total. The third kappa shape index (κ3) is 7.25. The van der Waals surface area contributed by atoms with Gasteiger partial charge in [0.05, 0.1) is 43.0 Å². The molecule has 6 unspecified atom stereocenters. The summed E-state index contributed by atoms with van der Waals surface area (Å²) in [5, 5.41) is 131. The Balaban J connectivity index is 0.928. The molecule has 0 radical (unpaired) electrons. The summed E-state index contributed by atoms with van der Waals surface area (Å²) in [5.74, 6) is -0.369. The number of esters is 1. The van der Waals surface area contributed by atoms with Crippen molar-refractivity contribution in [1.29, 1.82) is 0 Å². The second-order valence-corrected chi connectivity index (χ2v) is 23.8. The van der Waals surface area contributed by atoms with Gasteiger partial charge in [0, 0.05) is 11.8 Å². The molecule has 19 heteroatoms. The van der Waals surface area contributed by atoms with Crippen LogP contribution in [0.25, 0.3) is 0 Å². The number of ether oxygens (including phenoxy) is 6. The number of carbonyl (C=O) groups excluding carboxylic acids is 1. The zero-order valence-electron chi connectivity index (χ0n) is 40.3. The van der Waals surface area contributed by atoms with Crippen molar-refractivity contribution in [1.82, 2.24) is 0 Å². The van der Waals surface area contributed by atoms with Crippen LogP contribution >= 0.6 is 0 Å². The van der Waals surface area contributed by atoms with Gasteiger partial charge in [0.1, 0.15) is 66.6 Å². The molecular weight excluding hydrogens is 893 g/mol. The van der Waals surface area contributed by atoms with E-state index in [4.69, 9.17) is 28.4 Å².